The highest BCUT2D eigenvalue weighted by molar-refractivity contribution is 6.08. The van der Waals surface area contributed by atoms with Gasteiger partial charge in [-0.15, -0.1) is 0 Å². The highest BCUT2D eigenvalue weighted by atomic mass is 16.7. The summed E-state index contributed by atoms with van der Waals surface area (Å²) in [5.41, 5.74) is -0.200. The van der Waals surface area contributed by atoms with E-state index in [9.17, 15) is 25.2 Å². The molecule has 0 amide bonds. The first kappa shape index (κ1) is 18.6. The number of hydrogen-bond acceptors (Lipinski definition) is 9. The van der Waals surface area contributed by atoms with E-state index in [1.54, 1.807) is 0 Å². The second-order valence-electron chi connectivity index (χ2n) is 5.81. The molecule has 4 N–H and O–H groups in total. The average molecular weight is 378 g/mol. The predicted molar refractivity (Wildman–Crippen MR) is 90.6 cm³/mol. The number of benzene rings is 2. The van der Waals surface area contributed by atoms with Gasteiger partial charge in [-0.05, 0) is 12.1 Å². The van der Waals surface area contributed by atoms with E-state index in [1.807, 2.05) is 0 Å². The number of phenols is 3. The summed E-state index contributed by atoms with van der Waals surface area (Å²) in [6.07, 6.45) is -1.40. The Morgan fingerprint density at radius 1 is 1.04 bits per heavy atom. The van der Waals surface area contributed by atoms with Crippen molar-refractivity contribution in [3.63, 3.8) is 0 Å². The maximum absolute atomic E-state index is 12.9. The number of hydrogen-bond donors (Lipinski definition) is 4. The molecule has 0 saturated heterocycles. The Morgan fingerprint density at radius 2 is 1.74 bits per heavy atom. The molecule has 0 bridgehead atoms. The van der Waals surface area contributed by atoms with E-state index in [0.717, 1.165) is 13.2 Å². The second-order valence-corrected chi connectivity index (χ2v) is 5.81. The van der Waals surface area contributed by atoms with Crippen LogP contribution in [0, 0.1) is 0 Å². The lowest BCUT2D eigenvalue weighted by Crippen LogP contribution is -2.51. The van der Waals surface area contributed by atoms with E-state index >= 15 is 0 Å². The van der Waals surface area contributed by atoms with Gasteiger partial charge in [-0.25, -0.2) is 0 Å². The zero-order chi connectivity index (χ0) is 19.9. The van der Waals surface area contributed by atoms with Crippen LogP contribution in [0.4, 0.5) is 0 Å². The molecule has 1 aliphatic rings. The number of rotatable bonds is 4. The van der Waals surface area contributed by atoms with E-state index in [-0.39, 0.29) is 28.6 Å². The smallest absolute Gasteiger partial charge is 0.274 e. The van der Waals surface area contributed by atoms with Gasteiger partial charge in [0.1, 0.15) is 11.3 Å². The molecule has 1 aliphatic heterocycles. The number of carbonyl (C=O) groups excluding carboxylic acids is 1. The molecule has 1 heterocycles. The predicted octanol–water partition coefficient (Wildman–Crippen LogP) is 1.47. The third kappa shape index (κ3) is 2.68. The molecular weight excluding hydrogens is 360 g/mol. The minimum absolute atomic E-state index is 0.183. The first-order valence-corrected chi connectivity index (χ1v) is 7.77. The fourth-order valence-electron chi connectivity index (χ4n) is 3.00. The van der Waals surface area contributed by atoms with Crippen LogP contribution in [0.2, 0.25) is 0 Å². The molecule has 27 heavy (non-hydrogen) atoms. The minimum atomic E-state index is -2.51. The summed E-state index contributed by atoms with van der Waals surface area (Å²) >= 11 is 0. The van der Waals surface area contributed by atoms with Gasteiger partial charge in [0.2, 0.25) is 11.5 Å². The molecule has 144 valence electrons. The molecule has 3 rings (SSSR count). The number of ketones is 1. The standard InChI is InChI=1S/C18H18O9/c1-24-11-5-4-8(6-9(11)19)17-18(23,26-3)16(22)13-12(27-17)7-10(20)15(25-2)14(13)21/h4-7,17,19-21,23H,1-3H3. The molecule has 0 fully saturated rings. The molecular formula is C18H18O9. The van der Waals surface area contributed by atoms with Gasteiger partial charge < -0.3 is 39.4 Å². The van der Waals surface area contributed by atoms with Crippen LogP contribution < -0.4 is 14.2 Å². The summed E-state index contributed by atoms with van der Waals surface area (Å²) in [6, 6.07) is 5.22. The average Bonchev–Trinajstić information content (AvgIpc) is 2.64. The van der Waals surface area contributed by atoms with Crippen molar-refractivity contribution < 1.29 is 44.2 Å². The number of Topliss-reactive ketones (excluding diaryl/α,β-unsaturated/α-hetero) is 1. The molecule has 2 aromatic carbocycles. The normalized spacial score (nSPS) is 21.3. The highest BCUT2D eigenvalue weighted by Crippen LogP contribution is 2.51. The van der Waals surface area contributed by atoms with Gasteiger partial charge in [0.05, 0.1) is 14.2 Å². The van der Waals surface area contributed by atoms with E-state index in [1.165, 1.54) is 32.4 Å². The largest absolute Gasteiger partial charge is 0.504 e. The number of aromatic hydroxyl groups is 3. The maximum Gasteiger partial charge on any atom is 0.274 e. The Labute approximate surface area is 153 Å². The molecule has 0 aromatic heterocycles. The quantitative estimate of drug-likeness (QED) is 0.583. The summed E-state index contributed by atoms with van der Waals surface area (Å²) < 4.78 is 20.5. The summed E-state index contributed by atoms with van der Waals surface area (Å²) in [7, 11) is 3.66. The Morgan fingerprint density at radius 3 is 2.30 bits per heavy atom. The monoisotopic (exact) mass is 378 g/mol. The van der Waals surface area contributed by atoms with Crippen LogP contribution in [0.15, 0.2) is 24.3 Å². The Kier molecular flexibility index (Phi) is 4.50. The van der Waals surface area contributed by atoms with Crippen molar-refractivity contribution in [2.24, 2.45) is 0 Å². The summed E-state index contributed by atoms with van der Waals surface area (Å²) in [5.74, 6) is -5.24. The fourth-order valence-corrected chi connectivity index (χ4v) is 3.00. The second kappa shape index (κ2) is 6.53. The molecule has 2 atom stereocenters. The lowest BCUT2D eigenvalue weighted by molar-refractivity contribution is -0.205. The van der Waals surface area contributed by atoms with Gasteiger partial charge in [-0.2, -0.15) is 0 Å². The molecule has 0 saturated carbocycles. The molecule has 0 spiro atoms. The van der Waals surface area contributed by atoms with E-state index in [0.29, 0.717) is 0 Å². The SMILES string of the molecule is COc1ccc(C2Oc3cc(O)c(OC)c(O)c3C(=O)C2(O)OC)cc1O. The van der Waals surface area contributed by atoms with E-state index in [4.69, 9.17) is 18.9 Å². The Hall–Kier alpha value is -3.17. The van der Waals surface area contributed by atoms with Crippen LogP contribution in [-0.2, 0) is 4.74 Å². The molecule has 9 nitrogen and oxygen atoms in total. The van der Waals surface area contributed by atoms with Crippen molar-refractivity contribution in [3.05, 3.63) is 35.4 Å². The van der Waals surface area contributed by atoms with Crippen LogP contribution >= 0.6 is 0 Å². The molecule has 0 aliphatic carbocycles. The minimum Gasteiger partial charge on any atom is -0.504 e. The number of fused-ring (bicyclic) bond motifs is 1. The lowest BCUT2D eigenvalue weighted by atomic mass is 9.89. The third-order valence-corrected chi connectivity index (χ3v) is 4.37. The van der Waals surface area contributed by atoms with Crippen LogP contribution in [-0.4, -0.2) is 53.3 Å². The van der Waals surface area contributed by atoms with Gasteiger partial charge in [0.25, 0.3) is 5.79 Å². The van der Waals surface area contributed by atoms with Crippen molar-refractivity contribution in [2.45, 2.75) is 11.9 Å². The Balaban J connectivity index is 2.19. The van der Waals surface area contributed by atoms with Crippen LogP contribution in [0.1, 0.15) is 22.0 Å². The zero-order valence-corrected chi connectivity index (χ0v) is 14.7. The van der Waals surface area contributed by atoms with Crippen LogP contribution in [0.3, 0.4) is 0 Å². The highest BCUT2D eigenvalue weighted by Gasteiger charge is 2.54. The molecule has 2 unspecified atom stereocenters. The number of methoxy groups -OCH3 is 3. The number of ether oxygens (including phenoxy) is 4. The van der Waals surface area contributed by atoms with Gasteiger partial charge in [0, 0.05) is 18.7 Å². The fraction of sp³-hybridized carbons (Fsp3) is 0.278. The molecule has 2 aromatic rings. The zero-order valence-electron chi connectivity index (χ0n) is 14.7. The first-order valence-electron chi connectivity index (χ1n) is 7.77. The van der Waals surface area contributed by atoms with E-state index < -0.39 is 34.7 Å². The molecule has 9 heteroatoms. The lowest BCUT2D eigenvalue weighted by Gasteiger charge is -2.38. The summed E-state index contributed by atoms with van der Waals surface area (Å²) in [6.45, 7) is 0. The van der Waals surface area contributed by atoms with Gasteiger partial charge in [-0.3, -0.25) is 4.79 Å². The van der Waals surface area contributed by atoms with Crippen molar-refractivity contribution in [2.75, 3.05) is 21.3 Å². The first-order chi connectivity index (χ1) is 12.8. The van der Waals surface area contributed by atoms with Gasteiger partial charge in [0.15, 0.2) is 29.1 Å². The van der Waals surface area contributed by atoms with Crippen molar-refractivity contribution in [3.8, 4) is 34.5 Å². The van der Waals surface area contributed by atoms with Gasteiger partial charge in [-0.1, -0.05) is 6.07 Å². The Bertz CT molecular complexity index is 908. The van der Waals surface area contributed by atoms with Crippen LogP contribution in [0.25, 0.3) is 0 Å². The van der Waals surface area contributed by atoms with Gasteiger partial charge >= 0.3 is 0 Å². The van der Waals surface area contributed by atoms with Crippen LogP contribution in [0.5, 0.6) is 34.5 Å². The topological polar surface area (TPSA) is 135 Å². The maximum atomic E-state index is 12.9. The van der Waals surface area contributed by atoms with Crippen molar-refractivity contribution in [1.29, 1.82) is 0 Å². The third-order valence-electron chi connectivity index (χ3n) is 4.37. The number of phenolic OH excluding ortho intramolecular Hbond substituents is 3. The number of aliphatic hydroxyl groups is 1. The summed E-state index contributed by atoms with van der Waals surface area (Å²) in [4.78, 5) is 12.9. The van der Waals surface area contributed by atoms with Crippen molar-refractivity contribution in [1.82, 2.24) is 0 Å². The molecule has 0 radical (unpaired) electrons. The number of carbonyl (C=O) groups is 1. The summed E-state index contributed by atoms with van der Waals surface area (Å²) in [5, 5.41) is 41.1. The van der Waals surface area contributed by atoms with Crippen molar-refractivity contribution >= 4 is 5.78 Å². The van der Waals surface area contributed by atoms with E-state index in [2.05, 4.69) is 0 Å².